The molecule has 18 heavy (non-hydrogen) atoms. The first-order chi connectivity index (χ1) is 8.38. The highest BCUT2D eigenvalue weighted by atomic mass is 19.2. The Hall–Kier alpha value is -1.16. The molecule has 0 bridgehead atoms. The summed E-state index contributed by atoms with van der Waals surface area (Å²) in [5.74, 6) is -1.59. The molecule has 4 heteroatoms. The largest absolute Gasteiger partial charge is 0.493 e. The molecule has 0 saturated carbocycles. The fraction of sp³-hybridized carbons (Fsp3) is 0.571. The third-order valence-corrected chi connectivity index (χ3v) is 4.02. The van der Waals surface area contributed by atoms with E-state index in [9.17, 15) is 8.78 Å². The molecule has 2 atom stereocenters. The molecular weight excluding hydrogens is 238 g/mol. The number of halogens is 2. The minimum absolute atomic E-state index is 0.00634. The van der Waals surface area contributed by atoms with Crippen molar-refractivity contribution in [3.8, 4) is 5.75 Å². The Morgan fingerprint density at radius 3 is 2.50 bits per heavy atom. The summed E-state index contributed by atoms with van der Waals surface area (Å²) in [5.41, 5.74) is 0.412. The van der Waals surface area contributed by atoms with Crippen LogP contribution in [0, 0.1) is 17.6 Å². The fourth-order valence-electron chi connectivity index (χ4n) is 2.47. The molecule has 1 heterocycles. The minimum atomic E-state index is -0.924. The maximum absolute atomic E-state index is 13.7. The highest BCUT2D eigenvalue weighted by Crippen LogP contribution is 2.45. The van der Waals surface area contributed by atoms with Gasteiger partial charge in [0.05, 0.1) is 19.3 Å². The SMILES string of the molecule is COc1c([C@@H]2COC(C)(C)[C@@H]2C)ccc(F)c1F. The van der Waals surface area contributed by atoms with Crippen LogP contribution in [0.5, 0.6) is 5.75 Å². The van der Waals surface area contributed by atoms with Crippen LogP contribution in [0.1, 0.15) is 32.3 Å². The van der Waals surface area contributed by atoms with E-state index in [0.717, 1.165) is 6.07 Å². The zero-order valence-electron chi connectivity index (χ0n) is 11.1. The molecular formula is C14H18F2O2. The van der Waals surface area contributed by atoms with Crippen LogP contribution in [0.15, 0.2) is 12.1 Å². The van der Waals surface area contributed by atoms with Gasteiger partial charge in [0.15, 0.2) is 11.6 Å². The van der Waals surface area contributed by atoms with E-state index in [-0.39, 0.29) is 23.2 Å². The van der Waals surface area contributed by atoms with E-state index in [2.05, 4.69) is 6.92 Å². The van der Waals surface area contributed by atoms with Crippen LogP contribution < -0.4 is 4.74 Å². The van der Waals surface area contributed by atoms with Gasteiger partial charge in [-0.05, 0) is 25.8 Å². The standard InChI is InChI=1S/C14H18F2O2/c1-8-10(7-18-14(8,2)3)9-5-6-11(15)12(16)13(9)17-4/h5-6,8,10H,7H2,1-4H3/t8-,10-/m1/s1. The Labute approximate surface area is 106 Å². The highest BCUT2D eigenvalue weighted by Gasteiger charge is 2.42. The number of hydrogen-bond donors (Lipinski definition) is 0. The normalized spacial score (nSPS) is 26.3. The summed E-state index contributed by atoms with van der Waals surface area (Å²) >= 11 is 0. The molecule has 100 valence electrons. The Kier molecular flexibility index (Phi) is 3.32. The lowest BCUT2D eigenvalue weighted by Gasteiger charge is -2.25. The first-order valence-corrected chi connectivity index (χ1v) is 6.04. The van der Waals surface area contributed by atoms with Crippen LogP contribution in [0.4, 0.5) is 8.78 Å². The van der Waals surface area contributed by atoms with Crippen LogP contribution in [0.2, 0.25) is 0 Å². The van der Waals surface area contributed by atoms with Crippen LogP contribution in [0.25, 0.3) is 0 Å². The van der Waals surface area contributed by atoms with E-state index in [1.54, 1.807) is 6.07 Å². The van der Waals surface area contributed by atoms with E-state index in [1.807, 2.05) is 13.8 Å². The molecule has 0 spiro atoms. The Morgan fingerprint density at radius 1 is 1.33 bits per heavy atom. The van der Waals surface area contributed by atoms with Crippen molar-refractivity contribution in [3.05, 3.63) is 29.3 Å². The monoisotopic (exact) mass is 256 g/mol. The first-order valence-electron chi connectivity index (χ1n) is 6.04. The summed E-state index contributed by atoms with van der Waals surface area (Å²) < 4.78 is 37.6. The van der Waals surface area contributed by atoms with Gasteiger partial charge >= 0.3 is 0 Å². The summed E-state index contributed by atoms with van der Waals surface area (Å²) in [6.07, 6.45) is 0. The van der Waals surface area contributed by atoms with Gasteiger partial charge < -0.3 is 9.47 Å². The van der Waals surface area contributed by atoms with Gasteiger partial charge in [0, 0.05) is 11.5 Å². The Balaban J connectivity index is 2.44. The topological polar surface area (TPSA) is 18.5 Å². The van der Waals surface area contributed by atoms with E-state index < -0.39 is 11.6 Å². The third kappa shape index (κ3) is 1.99. The summed E-state index contributed by atoms with van der Waals surface area (Å²) in [5, 5.41) is 0. The second-order valence-electron chi connectivity index (χ2n) is 5.29. The lowest BCUT2D eigenvalue weighted by molar-refractivity contribution is 0.0153. The maximum atomic E-state index is 13.7. The van der Waals surface area contributed by atoms with E-state index >= 15 is 0 Å². The number of hydrogen-bond acceptors (Lipinski definition) is 2. The zero-order chi connectivity index (χ0) is 13.5. The number of methoxy groups -OCH3 is 1. The summed E-state index contributed by atoms with van der Waals surface area (Å²) in [6, 6.07) is 2.73. The molecule has 0 amide bonds. The van der Waals surface area contributed by atoms with Crippen LogP contribution in [-0.4, -0.2) is 19.3 Å². The Bertz CT molecular complexity index is 457. The maximum Gasteiger partial charge on any atom is 0.200 e. The minimum Gasteiger partial charge on any atom is -0.493 e. The molecule has 1 fully saturated rings. The molecule has 2 nitrogen and oxygen atoms in total. The van der Waals surface area contributed by atoms with Crippen molar-refractivity contribution in [2.75, 3.05) is 13.7 Å². The van der Waals surface area contributed by atoms with Gasteiger partial charge in [0.25, 0.3) is 0 Å². The summed E-state index contributed by atoms with van der Waals surface area (Å²) in [6.45, 7) is 6.56. The number of benzene rings is 1. The van der Waals surface area contributed by atoms with Gasteiger partial charge in [-0.25, -0.2) is 4.39 Å². The fourth-order valence-corrected chi connectivity index (χ4v) is 2.47. The molecule has 1 aliphatic rings. The van der Waals surface area contributed by atoms with Crippen molar-refractivity contribution in [3.63, 3.8) is 0 Å². The molecule has 0 aromatic heterocycles. The quantitative estimate of drug-likeness (QED) is 0.806. The van der Waals surface area contributed by atoms with Gasteiger partial charge in [0.1, 0.15) is 0 Å². The predicted octanol–water partition coefficient (Wildman–Crippen LogP) is 3.50. The number of ether oxygens (including phenoxy) is 2. The van der Waals surface area contributed by atoms with Crippen LogP contribution in [0.3, 0.4) is 0 Å². The second-order valence-corrected chi connectivity index (χ2v) is 5.29. The van der Waals surface area contributed by atoms with Crippen molar-refractivity contribution >= 4 is 0 Å². The summed E-state index contributed by atoms with van der Waals surface area (Å²) in [4.78, 5) is 0. The molecule has 0 N–H and O–H groups in total. The van der Waals surface area contributed by atoms with Gasteiger partial charge in [0.2, 0.25) is 5.82 Å². The van der Waals surface area contributed by atoms with Crippen LogP contribution >= 0.6 is 0 Å². The molecule has 1 aromatic carbocycles. The number of rotatable bonds is 2. The van der Waals surface area contributed by atoms with Crippen molar-refractivity contribution in [1.82, 2.24) is 0 Å². The van der Waals surface area contributed by atoms with Gasteiger partial charge in [-0.3, -0.25) is 0 Å². The molecule has 0 aliphatic carbocycles. The third-order valence-electron chi connectivity index (χ3n) is 4.02. The van der Waals surface area contributed by atoms with Crippen molar-refractivity contribution in [2.45, 2.75) is 32.3 Å². The van der Waals surface area contributed by atoms with Crippen LogP contribution in [-0.2, 0) is 4.74 Å². The lowest BCUT2D eigenvalue weighted by Crippen LogP contribution is -2.26. The average Bonchev–Trinajstić information content (AvgIpc) is 2.58. The van der Waals surface area contributed by atoms with E-state index in [1.165, 1.54) is 7.11 Å². The predicted molar refractivity (Wildman–Crippen MR) is 64.8 cm³/mol. The van der Waals surface area contributed by atoms with Gasteiger partial charge in [-0.2, -0.15) is 4.39 Å². The average molecular weight is 256 g/mol. The lowest BCUT2D eigenvalue weighted by atomic mass is 9.81. The van der Waals surface area contributed by atoms with Crippen molar-refractivity contribution in [1.29, 1.82) is 0 Å². The van der Waals surface area contributed by atoms with E-state index in [4.69, 9.17) is 9.47 Å². The smallest absolute Gasteiger partial charge is 0.200 e. The van der Waals surface area contributed by atoms with Crippen molar-refractivity contribution < 1.29 is 18.3 Å². The van der Waals surface area contributed by atoms with Gasteiger partial charge in [-0.15, -0.1) is 0 Å². The van der Waals surface area contributed by atoms with Gasteiger partial charge in [-0.1, -0.05) is 13.0 Å². The molecule has 0 radical (unpaired) electrons. The molecule has 1 saturated heterocycles. The Morgan fingerprint density at radius 2 is 2.00 bits per heavy atom. The molecule has 1 aliphatic heterocycles. The zero-order valence-corrected chi connectivity index (χ0v) is 11.1. The molecule has 0 unspecified atom stereocenters. The second kappa shape index (κ2) is 4.50. The molecule has 1 aromatic rings. The first kappa shape index (κ1) is 13.3. The summed E-state index contributed by atoms with van der Waals surface area (Å²) in [7, 11) is 1.35. The molecule has 2 rings (SSSR count). The van der Waals surface area contributed by atoms with E-state index in [0.29, 0.717) is 12.2 Å². The highest BCUT2D eigenvalue weighted by molar-refractivity contribution is 5.39. The van der Waals surface area contributed by atoms with Crippen molar-refractivity contribution in [2.24, 2.45) is 5.92 Å².